The van der Waals surface area contributed by atoms with Gasteiger partial charge in [0.25, 0.3) is 5.69 Å². The normalized spacial score (nSPS) is 13.0. The Morgan fingerprint density at radius 3 is 2.79 bits per heavy atom. The zero-order valence-electron chi connectivity index (χ0n) is 15.4. The first kappa shape index (κ1) is 18.4. The fourth-order valence-corrected chi connectivity index (χ4v) is 3.74. The zero-order chi connectivity index (χ0) is 20.5. The molecule has 0 N–H and O–H groups in total. The van der Waals surface area contributed by atoms with Gasteiger partial charge in [0.05, 0.1) is 10.4 Å². The van der Waals surface area contributed by atoms with Gasteiger partial charge in [0.1, 0.15) is 18.2 Å². The zero-order valence-corrected chi connectivity index (χ0v) is 15.4. The topological polar surface area (TPSA) is 109 Å². The fourth-order valence-electron chi connectivity index (χ4n) is 3.74. The Morgan fingerprint density at radius 2 is 2.03 bits per heavy atom. The molecule has 29 heavy (non-hydrogen) atoms. The summed E-state index contributed by atoms with van der Waals surface area (Å²) in [5, 5.41) is 20.7. The molecule has 1 aromatic heterocycles. The number of nitriles is 1. The van der Waals surface area contributed by atoms with Crippen LogP contribution in [0.5, 0.6) is 0 Å². The first-order valence-electron chi connectivity index (χ1n) is 9.09. The van der Waals surface area contributed by atoms with Crippen molar-refractivity contribution in [1.29, 1.82) is 5.26 Å². The predicted molar refractivity (Wildman–Crippen MR) is 107 cm³/mol. The number of carbonyl (C=O) groups excluding carboxylic acids is 1. The number of pyridine rings is 1. The van der Waals surface area contributed by atoms with Crippen LogP contribution in [0.1, 0.15) is 17.5 Å². The van der Waals surface area contributed by atoms with Gasteiger partial charge < -0.3 is 9.47 Å². The maximum atomic E-state index is 13.1. The van der Waals surface area contributed by atoms with Crippen LogP contribution in [0.25, 0.3) is 10.9 Å². The molecule has 144 valence electrons. The minimum Gasteiger partial charge on any atom is -0.336 e. The van der Waals surface area contributed by atoms with E-state index in [9.17, 15) is 25.0 Å². The lowest BCUT2D eigenvalue weighted by atomic mass is 10.0. The third-order valence-corrected chi connectivity index (χ3v) is 5.11. The highest BCUT2D eigenvalue weighted by molar-refractivity contribution is 5.95. The third-order valence-electron chi connectivity index (χ3n) is 5.11. The molecule has 0 saturated heterocycles. The summed E-state index contributed by atoms with van der Waals surface area (Å²) in [5.74, 6) is -0.211. The number of para-hydroxylation sites is 1. The van der Waals surface area contributed by atoms with Gasteiger partial charge in [0.15, 0.2) is 0 Å². The highest BCUT2D eigenvalue weighted by atomic mass is 16.6. The van der Waals surface area contributed by atoms with Gasteiger partial charge in [0, 0.05) is 35.9 Å². The minimum atomic E-state index is -0.447. The summed E-state index contributed by atoms with van der Waals surface area (Å²) in [5.41, 5.74) is 1.63. The molecule has 8 heteroatoms. The molecular weight excluding hydrogens is 372 g/mol. The fraction of sp³-hybridized carbons (Fsp3) is 0.190. The van der Waals surface area contributed by atoms with Crippen LogP contribution in [0, 0.1) is 21.4 Å². The summed E-state index contributed by atoms with van der Waals surface area (Å²) in [6.45, 7) is 0.457. The quantitative estimate of drug-likeness (QED) is 0.506. The van der Waals surface area contributed by atoms with Crippen molar-refractivity contribution in [2.75, 3.05) is 11.4 Å². The van der Waals surface area contributed by atoms with E-state index in [1.165, 1.54) is 18.3 Å². The first-order valence-corrected chi connectivity index (χ1v) is 9.09. The standard InChI is InChI=1S/C21H16N4O4/c22-11-15-12-23(19-6-2-1-5-17(19)21(15)27)13-20(26)24-9-3-4-14-10-16(25(28)29)7-8-18(14)24/h1-2,5-8,10,12H,3-4,9,13H2. The summed E-state index contributed by atoms with van der Waals surface area (Å²) in [6, 6.07) is 13.3. The number of hydrogen-bond acceptors (Lipinski definition) is 5. The van der Waals surface area contributed by atoms with E-state index in [2.05, 4.69) is 0 Å². The van der Waals surface area contributed by atoms with E-state index in [0.29, 0.717) is 36.0 Å². The van der Waals surface area contributed by atoms with E-state index in [1.54, 1.807) is 39.8 Å². The van der Waals surface area contributed by atoms with Crippen molar-refractivity contribution in [3.05, 3.63) is 80.1 Å². The number of nitro groups is 1. The molecule has 8 nitrogen and oxygen atoms in total. The van der Waals surface area contributed by atoms with Crippen LogP contribution in [0.15, 0.2) is 53.5 Å². The van der Waals surface area contributed by atoms with Crippen molar-refractivity contribution in [3.8, 4) is 6.07 Å². The molecule has 0 radical (unpaired) electrons. The van der Waals surface area contributed by atoms with Crippen LogP contribution in [0.3, 0.4) is 0 Å². The molecular formula is C21H16N4O4. The average Bonchev–Trinajstić information content (AvgIpc) is 2.74. The number of benzene rings is 2. The Bertz CT molecular complexity index is 1260. The van der Waals surface area contributed by atoms with Gasteiger partial charge in [-0.1, -0.05) is 12.1 Å². The number of rotatable bonds is 3. The number of hydrogen-bond donors (Lipinski definition) is 0. The van der Waals surface area contributed by atoms with Gasteiger partial charge in [-0.25, -0.2) is 0 Å². The van der Waals surface area contributed by atoms with Gasteiger partial charge in [-0.3, -0.25) is 19.7 Å². The Kier molecular flexibility index (Phi) is 4.56. The Morgan fingerprint density at radius 1 is 1.24 bits per heavy atom. The molecule has 1 aliphatic rings. The number of aromatic nitrogens is 1. The lowest BCUT2D eigenvalue weighted by molar-refractivity contribution is -0.384. The second-order valence-electron chi connectivity index (χ2n) is 6.85. The van der Waals surface area contributed by atoms with Crippen molar-refractivity contribution in [2.24, 2.45) is 0 Å². The average molecular weight is 388 g/mol. The van der Waals surface area contributed by atoms with E-state index in [-0.39, 0.29) is 29.1 Å². The number of non-ortho nitro benzene ring substituents is 1. The molecule has 3 aromatic rings. The van der Waals surface area contributed by atoms with Crippen molar-refractivity contribution in [3.63, 3.8) is 0 Å². The molecule has 0 atom stereocenters. The second-order valence-corrected chi connectivity index (χ2v) is 6.85. The predicted octanol–water partition coefficient (Wildman–Crippen LogP) is 2.76. The van der Waals surface area contributed by atoms with E-state index in [1.807, 2.05) is 6.07 Å². The minimum absolute atomic E-state index is 0.00288. The van der Waals surface area contributed by atoms with Gasteiger partial charge in [-0.15, -0.1) is 0 Å². The van der Waals surface area contributed by atoms with Crippen molar-refractivity contribution >= 4 is 28.2 Å². The van der Waals surface area contributed by atoms with Gasteiger partial charge in [0.2, 0.25) is 11.3 Å². The van der Waals surface area contributed by atoms with Crippen molar-refractivity contribution in [2.45, 2.75) is 19.4 Å². The SMILES string of the molecule is N#Cc1cn(CC(=O)N2CCCc3cc([N+](=O)[O-])ccc32)c2ccccc2c1=O. The smallest absolute Gasteiger partial charge is 0.269 e. The summed E-state index contributed by atoms with van der Waals surface area (Å²) >= 11 is 0. The molecule has 0 aliphatic carbocycles. The highest BCUT2D eigenvalue weighted by Gasteiger charge is 2.25. The number of fused-ring (bicyclic) bond motifs is 2. The second kappa shape index (κ2) is 7.20. The van der Waals surface area contributed by atoms with Gasteiger partial charge in [-0.05, 0) is 36.6 Å². The van der Waals surface area contributed by atoms with Crippen LogP contribution in [-0.2, 0) is 17.8 Å². The van der Waals surface area contributed by atoms with E-state index in [4.69, 9.17) is 0 Å². The van der Waals surface area contributed by atoms with Crippen LogP contribution < -0.4 is 10.3 Å². The number of aryl methyl sites for hydroxylation is 1. The van der Waals surface area contributed by atoms with Crippen LogP contribution in [-0.4, -0.2) is 21.9 Å². The Labute approximate surface area is 165 Å². The lowest BCUT2D eigenvalue weighted by Gasteiger charge is -2.30. The summed E-state index contributed by atoms with van der Waals surface area (Å²) in [7, 11) is 0. The lowest BCUT2D eigenvalue weighted by Crippen LogP contribution is -2.38. The molecule has 4 rings (SSSR count). The largest absolute Gasteiger partial charge is 0.336 e. The maximum Gasteiger partial charge on any atom is 0.269 e. The molecule has 0 unspecified atom stereocenters. The molecule has 1 amide bonds. The first-order chi connectivity index (χ1) is 14.0. The maximum absolute atomic E-state index is 13.1. The monoisotopic (exact) mass is 388 g/mol. The van der Waals surface area contributed by atoms with E-state index in [0.717, 1.165) is 5.56 Å². The van der Waals surface area contributed by atoms with E-state index >= 15 is 0 Å². The number of nitrogens with zero attached hydrogens (tertiary/aromatic N) is 4. The molecule has 0 spiro atoms. The van der Waals surface area contributed by atoms with Crippen LogP contribution in [0.4, 0.5) is 11.4 Å². The van der Waals surface area contributed by atoms with Crippen LogP contribution >= 0.6 is 0 Å². The van der Waals surface area contributed by atoms with Gasteiger partial charge in [-0.2, -0.15) is 5.26 Å². The third kappa shape index (κ3) is 3.23. The Hall–Kier alpha value is -3.99. The van der Waals surface area contributed by atoms with Crippen LogP contribution in [0.2, 0.25) is 0 Å². The molecule has 0 saturated carbocycles. The number of carbonyl (C=O) groups is 1. The highest BCUT2D eigenvalue weighted by Crippen LogP contribution is 2.30. The summed E-state index contributed by atoms with van der Waals surface area (Å²) in [4.78, 5) is 37.6. The molecule has 1 aliphatic heterocycles. The molecule has 2 aromatic carbocycles. The van der Waals surface area contributed by atoms with Gasteiger partial charge >= 0.3 is 0 Å². The summed E-state index contributed by atoms with van der Waals surface area (Å²) < 4.78 is 1.61. The van der Waals surface area contributed by atoms with E-state index < -0.39 is 4.92 Å². The molecule has 0 fully saturated rings. The number of amides is 1. The van der Waals surface area contributed by atoms with Crippen molar-refractivity contribution in [1.82, 2.24) is 4.57 Å². The number of nitro benzene ring substituents is 1. The summed E-state index contributed by atoms with van der Waals surface area (Å²) in [6.07, 6.45) is 2.78. The molecule has 0 bridgehead atoms. The van der Waals surface area contributed by atoms with Crippen molar-refractivity contribution < 1.29 is 9.72 Å². The Balaban J connectivity index is 1.72. The molecule has 2 heterocycles. The number of anilines is 1.